The molecule has 9 nitrogen and oxygen atoms in total. The Bertz CT molecular complexity index is 320. The zero-order valence-corrected chi connectivity index (χ0v) is 17.1. The molecule has 9 heteroatoms. The SMILES string of the molecule is COCCOCCOCCOCC(=O)NCCOCCOCCNC(C)C. The second kappa shape index (κ2) is 21.5. The molecule has 0 bridgehead atoms. The van der Waals surface area contributed by atoms with Crippen LogP contribution in [0.15, 0.2) is 0 Å². The Morgan fingerprint density at radius 2 is 1.19 bits per heavy atom. The summed E-state index contributed by atoms with van der Waals surface area (Å²) in [6.07, 6.45) is 0. The molecule has 162 valence electrons. The van der Waals surface area contributed by atoms with Gasteiger partial charge in [0.2, 0.25) is 5.91 Å². The van der Waals surface area contributed by atoms with Crippen LogP contribution in [0.1, 0.15) is 13.8 Å². The van der Waals surface area contributed by atoms with Gasteiger partial charge in [-0.05, 0) is 0 Å². The minimum absolute atomic E-state index is 0.0136. The van der Waals surface area contributed by atoms with E-state index in [-0.39, 0.29) is 12.5 Å². The van der Waals surface area contributed by atoms with Gasteiger partial charge in [0, 0.05) is 26.2 Å². The molecule has 0 saturated heterocycles. The molecular formula is C18H38N2O7. The fraction of sp³-hybridized carbons (Fsp3) is 0.944. The highest BCUT2D eigenvalue weighted by Crippen LogP contribution is 1.83. The maximum Gasteiger partial charge on any atom is 0.246 e. The number of hydrogen-bond donors (Lipinski definition) is 2. The first-order valence-corrected chi connectivity index (χ1v) is 9.54. The molecule has 0 aromatic rings. The number of ether oxygens (including phenoxy) is 6. The highest BCUT2D eigenvalue weighted by atomic mass is 16.6. The van der Waals surface area contributed by atoms with Crippen LogP contribution < -0.4 is 10.6 Å². The fourth-order valence-electron chi connectivity index (χ4n) is 1.80. The average Bonchev–Trinajstić information content (AvgIpc) is 2.64. The van der Waals surface area contributed by atoms with Gasteiger partial charge in [0.1, 0.15) is 6.61 Å². The standard InChI is InChI=1S/C18H38N2O7/c1-17(2)19-4-6-23-10-11-24-7-5-20-18(21)16-27-15-14-26-13-12-25-9-8-22-3/h17,19H,4-16H2,1-3H3,(H,20,21). The van der Waals surface area contributed by atoms with Crippen molar-refractivity contribution in [1.29, 1.82) is 0 Å². The molecule has 27 heavy (non-hydrogen) atoms. The van der Waals surface area contributed by atoms with E-state index in [4.69, 9.17) is 28.4 Å². The maximum atomic E-state index is 11.5. The Balaban J connectivity index is 3.15. The van der Waals surface area contributed by atoms with E-state index in [1.807, 2.05) is 0 Å². The van der Waals surface area contributed by atoms with Crippen LogP contribution in [0, 0.1) is 0 Å². The molecule has 0 aromatic heterocycles. The van der Waals surface area contributed by atoms with E-state index in [1.54, 1.807) is 7.11 Å². The number of carbonyl (C=O) groups excluding carboxylic acids is 1. The van der Waals surface area contributed by atoms with Crippen LogP contribution in [0.5, 0.6) is 0 Å². The summed E-state index contributed by atoms with van der Waals surface area (Å²) in [7, 11) is 1.63. The first-order chi connectivity index (χ1) is 13.2. The molecular weight excluding hydrogens is 356 g/mol. The average molecular weight is 395 g/mol. The van der Waals surface area contributed by atoms with Gasteiger partial charge in [-0.2, -0.15) is 0 Å². The van der Waals surface area contributed by atoms with Crippen molar-refractivity contribution in [3.05, 3.63) is 0 Å². The molecule has 0 radical (unpaired) electrons. The molecule has 0 saturated carbocycles. The van der Waals surface area contributed by atoms with E-state index in [0.29, 0.717) is 78.7 Å². The fourth-order valence-corrected chi connectivity index (χ4v) is 1.80. The molecule has 0 fully saturated rings. The van der Waals surface area contributed by atoms with Crippen LogP contribution in [-0.2, 0) is 33.2 Å². The lowest BCUT2D eigenvalue weighted by atomic mass is 10.4. The quantitative estimate of drug-likeness (QED) is 0.259. The van der Waals surface area contributed by atoms with Crippen molar-refractivity contribution in [3.63, 3.8) is 0 Å². The molecule has 0 aliphatic rings. The lowest BCUT2D eigenvalue weighted by Crippen LogP contribution is -2.31. The van der Waals surface area contributed by atoms with Crippen LogP contribution in [0.4, 0.5) is 0 Å². The molecule has 0 heterocycles. The summed E-state index contributed by atoms with van der Waals surface area (Å²) >= 11 is 0. The maximum absolute atomic E-state index is 11.5. The molecule has 1 amide bonds. The summed E-state index contributed by atoms with van der Waals surface area (Å²) in [6, 6.07) is 0.468. The minimum Gasteiger partial charge on any atom is -0.382 e. The van der Waals surface area contributed by atoms with Gasteiger partial charge >= 0.3 is 0 Å². The number of amides is 1. The van der Waals surface area contributed by atoms with E-state index in [2.05, 4.69) is 24.5 Å². The van der Waals surface area contributed by atoms with E-state index in [9.17, 15) is 4.79 Å². The summed E-state index contributed by atoms with van der Waals surface area (Å²) in [4.78, 5) is 11.5. The largest absolute Gasteiger partial charge is 0.382 e. The number of carbonyl (C=O) groups is 1. The van der Waals surface area contributed by atoms with Crippen LogP contribution in [-0.4, -0.2) is 105 Å². The van der Waals surface area contributed by atoms with E-state index < -0.39 is 0 Å². The summed E-state index contributed by atoms with van der Waals surface area (Å²) in [6.45, 7) is 10.6. The third-order valence-corrected chi connectivity index (χ3v) is 3.15. The smallest absolute Gasteiger partial charge is 0.246 e. The lowest BCUT2D eigenvalue weighted by Gasteiger charge is -2.09. The Labute approximate surface area is 163 Å². The Hall–Kier alpha value is -0.810. The Morgan fingerprint density at radius 3 is 1.74 bits per heavy atom. The van der Waals surface area contributed by atoms with Gasteiger partial charge in [0.15, 0.2) is 0 Å². The van der Waals surface area contributed by atoms with Gasteiger partial charge in [-0.1, -0.05) is 13.8 Å². The third kappa shape index (κ3) is 23.2. The van der Waals surface area contributed by atoms with Crippen LogP contribution in [0.2, 0.25) is 0 Å². The second-order valence-electron chi connectivity index (χ2n) is 5.95. The first-order valence-electron chi connectivity index (χ1n) is 9.54. The molecule has 2 N–H and O–H groups in total. The van der Waals surface area contributed by atoms with Crippen molar-refractivity contribution in [2.24, 2.45) is 0 Å². The van der Waals surface area contributed by atoms with Gasteiger partial charge in [-0.15, -0.1) is 0 Å². The summed E-state index contributed by atoms with van der Waals surface area (Å²) in [5, 5.41) is 5.99. The van der Waals surface area contributed by atoms with Crippen molar-refractivity contribution >= 4 is 5.91 Å². The summed E-state index contributed by atoms with van der Waals surface area (Å²) in [5.74, 6) is -0.169. The normalized spacial score (nSPS) is 11.3. The Morgan fingerprint density at radius 1 is 0.704 bits per heavy atom. The predicted octanol–water partition coefficient (Wildman–Crippen LogP) is -0.170. The predicted molar refractivity (Wildman–Crippen MR) is 102 cm³/mol. The van der Waals surface area contributed by atoms with Crippen molar-refractivity contribution in [2.45, 2.75) is 19.9 Å². The third-order valence-electron chi connectivity index (χ3n) is 3.15. The minimum atomic E-state index is -0.169. The summed E-state index contributed by atoms with van der Waals surface area (Å²) in [5.41, 5.74) is 0. The first kappa shape index (κ1) is 26.2. The van der Waals surface area contributed by atoms with E-state index in [0.717, 1.165) is 6.54 Å². The number of hydrogen-bond acceptors (Lipinski definition) is 8. The van der Waals surface area contributed by atoms with Crippen molar-refractivity contribution in [1.82, 2.24) is 10.6 Å². The zero-order valence-electron chi connectivity index (χ0n) is 17.1. The van der Waals surface area contributed by atoms with E-state index in [1.165, 1.54) is 0 Å². The van der Waals surface area contributed by atoms with Crippen molar-refractivity contribution in [3.8, 4) is 0 Å². The van der Waals surface area contributed by atoms with E-state index >= 15 is 0 Å². The molecule has 0 spiro atoms. The number of rotatable bonds is 21. The van der Waals surface area contributed by atoms with Crippen LogP contribution in [0.3, 0.4) is 0 Å². The second-order valence-corrected chi connectivity index (χ2v) is 5.95. The lowest BCUT2D eigenvalue weighted by molar-refractivity contribution is -0.126. The van der Waals surface area contributed by atoms with Crippen LogP contribution >= 0.6 is 0 Å². The molecule has 0 aliphatic carbocycles. The van der Waals surface area contributed by atoms with Crippen molar-refractivity contribution in [2.75, 3.05) is 92.9 Å². The number of methoxy groups -OCH3 is 1. The van der Waals surface area contributed by atoms with Gasteiger partial charge in [0.05, 0.1) is 66.1 Å². The molecule has 0 atom stereocenters. The topological polar surface area (TPSA) is 96.5 Å². The van der Waals surface area contributed by atoms with Gasteiger partial charge in [-0.25, -0.2) is 0 Å². The zero-order chi connectivity index (χ0) is 20.0. The Kier molecular flexibility index (Phi) is 20.8. The molecule has 0 unspecified atom stereocenters. The van der Waals surface area contributed by atoms with Crippen LogP contribution in [0.25, 0.3) is 0 Å². The monoisotopic (exact) mass is 394 g/mol. The molecule has 0 rings (SSSR count). The van der Waals surface area contributed by atoms with Gasteiger partial charge in [0.25, 0.3) is 0 Å². The molecule has 0 aromatic carbocycles. The highest BCUT2D eigenvalue weighted by molar-refractivity contribution is 5.77. The highest BCUT2D eigenvalue weighted by Gasteiger charge is 2.00. The summed E-state index contributed by atoms with van der Waals surface area (Å²) < 4.78 is 31.4. The number of nitrogens with one attached hydrogen (secondary N) is 2. The van der Waals surface area contributed by atoms with Crippen molar-refractivity contribution < 1.29 is 33.2 Å². The van der Waals surface area contributed by atoms with Gasteiger partial charge in [-0.3, -0.25) is 4.79 Å². The van der Waals surface area contributed by atoms with Gasteiger partial charge < -0.3 is 39.1 Å². The molecule has 0 aliphatic heterocycles.